The second kappa shape index (κ2) is 6.80. The molecule has 0 aromatic heterocycles. The third-order valence-corrected chi connectivity index (χ3v) is 2.74. The zero-order chi connectivity index (χ0) is 11.1. The van der Waals surface area contributed by atoms with Crippen molar-refractivity contribution in [3.63, 3.8) is 0 Å². The van der Waals surface area contributed by atoms with Crippen molar-refractivity contribution in [2.45, 2.75) is 38.7 Å². The Labute approximate surface area is 91.6 Å². The monoisotopic (exact) mass is 214 g/mol. The fourth-order valence-electron chi connectivity index (χ4n) is 1.77. The number of likely N-dealkylation sites (tertiary alicyclic amines) is 1. The Morgan fingerprint density at radius 1 is 1.47 bits per heavy atom. The highest BCUT2D eigenvalue weighted by Gasteiger charge is 2.12. The van der Waals surface area contributed by atoms with Crippen molar-refractivity contribution in [1.29, 1.82) is 0 Å². The SMILES string of the molecule is CC(O)CCNC(=O)CCN1CCCC1. The summed E-state index contributed by atoms with van der Waals surface area (Å²) in [6, 6.07) is 0. The van der Waals surface area contributed by atoms with E-state index < -0.39 is 0 Å². The maximum absolute atomic E-state index is 11.4. The van der Waals surface area contributed by atoms with Crippen LogP contribution in [-0.4, -0.2) is 48.2 Å². The largest absolute Gasteiger partial charge is 0.393 e. The minimum atomic E-state index is -0.330. The summed E-state index contributed by atoms with van der Waals surface area (Å²) < 4.78 is 0. The fourth-order valence-corrected chi connectivity index (χ4v) is 1.77. The zero-order valence-corrected chi connectivity index (χ0v) is 9.54. The van der Waals surface area contributed by atoms with Crippen molar-refractivity contribution in [3.8, 4) is 0 Å². The Balaban J connectivity index is 1.98. The van der Waals surface area contributed by atoms with Gasteiger partial charge in [0.25, 0.3) is 0 Å². The maximum atomic E-state index is 11.4. The third-order valence-electron chi connectivity index (χ3n) is 2.74. The van der Waals surface area contributed by atoms with Gasteiger partial charge in [-0.1, -0.05) is 0 Å². The minimum absolute atomic E-state index is 0.0996. The molecule has 4 nitrogen and oxygen atoms in total. The van der Waals surface area contributed by atoms with Gasteiger partial charge in [0.1, 0.15) is 0 Å². The van der Waals surface area contributed by atoms with Gasteiger partial charge in [-0.15, -0.1) is 0 Å². The van der Waals surface area contributed by atoms with E-state index in [-0.39, 0.29) is 12.0 Å². The first-order chi connectivity index (χ1) is 7.18. The smallest absolute Gasteiger partial charge is 0.221 e. The number of carbonyl (C=O) groups excluding carboxylic acids is 1. The standard InChI is InChI=1S/C11H22N2O2/c1-10(14)4-6-12-11(15)5-9-13-7-2-3-8-13/h10,14H,2-9H2,1H3,(H,12,15). The summed E-state index contributed by atoms with van der Waals surface area (Å²) in [5.41, 5.74) is 0. The van der Waals surface area contributed by atoms with Gasteiger partial charge < -0.3 is 15.3 Å². The number of hydrogen-bond donors (Lipinski definition) is 2. The summed E-state index contributed by atoms with van der Waals surface area (Å²) in [6.07, 6.45) is 3.42. The number of nitrogens with one attached hydrogen (secondary N) is 1. The lowest BCUT2D eigenvalue weighted by Crippen LogP contribution is -2.30. The molecule has 1 aliphatic heterocycles. The number of nitrogens with zero attached hydrogens (tertiary/aromatic N) is 1. The highest BCUT2D eigenvalue weighted by molar-refractivity contribution is 5.75. The molecule has 15 heavy (non-hydrogen) atoms. The van der Waals surface area contributed by atoms with E-state index in [2.05, 4.69) is 10.2 Å². The van der Waals surface area contributed by atoms with Crippen molar-refractivity contribution < 1.29 is 9.90 Å². The summed E-state index contributed by atoms with van der Waals surface area (Å²) >= 11 is 0. The van der Waals surface area contributed by atoms with Crippen LogP contribution in [0.15, 0.2) is 0 Å². The van der Waals surface area contributed by atoms with Gasteiger partial charge in [-0.2, -0.15) is 0 Å². The highest BCUT2D eigenvalue weighted by atomic mass is 16.3. The third kappa shape index (κ3) is 5.74. The molecule has 0 aromatic rings. The van der Waals surface area contributed by atoms with Gasteiger partial charge in [-0.25, -0.2) is 0 Å². The molecule has 88 valence electrons. The molecule has 0 aromatic carbocycles. The maximum Gasteiger partial charge on any atom is 0.221 e. The molecule has 1 rings (SSSR count). The first-order valence-electron chi connectivity index (χ1n) is 5.85. The summed E-state index contributed by atoms with van der Waals surface area (Å²) in [7, 11) is 0. The Morgan fingerprint density at radius 2 is 2.13 bits per heavy atom. The van der Waals surface area contributed by atoms with Crippen LogP contribution >= 0.6 is 0 Å². The molecule has 2 N–H and O–H groups in total. The van der Waals surface area contributed by atoms with Crippen LogP contribution < -0.4 is 5.32 Å². The van der Waals surface area contributed by atoms with E-state index in [4.69, 9.17) is 5.11 Å². The van der Waals surface area contributed by atoms with Crippen LogP contribution in [-0.2, 0) is 4.79 Å². The predicted octanol–water partition coefficient (Wildman–Crippen LogP) is 0.359. The van der Waals surface area contributed by atoms with Crippen molar-refractivity contribution in [3.05, 3.63) is 0 Å². The Morgan fingerprint density at radius 3 is 2.73 bits per heavy atom. The van der Waals surface area contributed by atoms with E-state index in [0.29, 0.717) is 19.4 Å². The summed E-state index contributed by atoms with van der Waals surface area (Å²) in [4.78, 5) is 13.7. The number of hydrogen-bond acceptors (Lipinski definition) is 3. The molecule has 1 unspecified atom stereocenters. The van der Waals surface area contributed by atoms with Crippen LogP contribution in [0.5, 0.6) is 0 Å². The first-order valence-corrected chi connectivity index (χ1v) is 5.85. The van der Waals surface area contributed by atoms with E-state index in [1.165, 1.54) is 12.8 Å². The zero-order valence-electron chi connectivity index (χ0n) is 9.54. The second-order valence-electron chi connectivity index (χ2n) is 4.29. The summed E-state index contributed by atoms with van der Waals surface area (Å²) in [6.45, 7) is 5.47. The van der Waals surface area contributed by atoms with Gasteiger partial charge in [0.2, 0.25) is 5.91 Å². The van der Waals surface area contributed by atoms with Gasteiger partial charge in [0, 0.05) is 19.5 Å². The molecule has 1 amide bonds. The van der Waals surface area contributed by atoms with Crippen molar-refractivity contribution in [2.75, 3.05) is 26.2 Å². The van der Waals surface area contributed by atoms with E-state index >= 15 is 0 Å². The van der Waals surface area contributed by atoms with Gasteiger partial charge in [0.15, 0.2) is 0 Å². The molecule has 0 spiro atoms. The number of aliphatic hydroxyl groups excluding tert-OH is 1. The average molecular weight is 214 g/mol. The molecule has 0 aliphatic carbocycles. The van der Waals surface area contributed by atoms with Crippen molar-refractivity contribution in [2.24, 2.45) is 0 Å². The highest BCUT2D eigenvalue weighted by Crippen LogP contribution is 2.07. The quantitative estimate of drug-likeness (QED) is 0.671. The average Bonchev–Trinajstić information content (AvgIpc) is 2.66. The molecule has 0 bridgehead atoms. The lowest BCUT2D eigenvalue weighted by molar-refractivity contribution is -0.121. The molecular formula is C11H22N2O2. The Bertz CT molecular complexity index is 189. The molecule has 0 radical (unpaired) electrons. The lowest BCUT2D eigenvalue weighted by Gasteiger charge is -2.14. The molecule has 1 saturated heterocycles. The number of aliphatic hydroxyl groups is 1. The van der Waals surface area contributed by atoms with Gasteiger partial charge >= 0.3 is 0 Å². The number of amides is 1. The second-order valence-corrected chi connectivity index (χ2v) is 4.29. The van der Waals surface area contributed by atoms with Crippen molar-refractivity contribution in [1.82, 2.24) is 10.2 Å². The van der Waals surface area contributed by atoms with Crippen LogP contribution in [0.4, 0.5) is 0 Å². The molecule has 1 heterocycles. The first kappa shape index (κ1) is 12.5. The van der Waals surface area contributed by atoms with E-state index in [9.17, 15) is 4.79 Å². The van der Waals surface area contributed by atoms with Crippen LogP contribution in [0.1, 0.15) is 32.6 Å². The van der Waals surface area contributed by atoms with Crippen LogP contribution in [0.2, 0.25) is 0 Å². The Kier molecular flexibility index (Phi) is 5.65. The van der Waals surface area contributed by atoms with E-state index in [1.807, 2.05) is 0 Å². The minimum Gasteiger partial charge on any atom is -0.393 e. The van der Waals surface area contributed by atoms with Crippen LogP contribution in [0, 0.1) is 0 Å². The fraction of sp³-hybridized carbons (Fsp3) is 0.909. The van der Waals surface area contributed by atoms with E-state index in [1.54, 1.807) is 6.92 Å². The lowest BCUT2D eigenvalue weighted by atomic mass is 10.3. The van der Waals surface area contributed by atoms with E-state index in [0.717, 1.165) is 19.6 Å². The molecular weight excluding hydrogens is 192 g/mol. The molecule has 0 saturated carbocycles. The van der Waals surface area contributed by atoms with Crippen LogP contribution in [0.3, 0.4) is 0 Å². The molecule has 1 fully saturated rings. The van der Waals surface area contributed by atoms with Crippen molar-refractivity contribution >= 4 is 5.91 Å². The van der Waals surface area contributed by atoms with Gasteiger partial charge in [0.05, 0.1) is 6.10 Å². The Hall–Kier alpha value is -0.610. The van der Waals surface area contributed by atoms with Gasteiger partial charge in [-0.3, -0.25) is 4.79 Å². The molecule has 1 aliphatic rings. The normalized spacial score (nSPS) is 19.1. The number of rotatable bonds is 6. The summed E-state index contributed by atoms with van der Waals surface area (Å²) in [5.74, 6) is 0.0996. The van der Waals surface area contributed by atoms with Crippen LogP contribution in [0.25, 0.3) is 0 Å². The van der Waals surface area contributed by atoms with Gasteiger partial charge in [-0.05, 0) is 39.3 Å². The number of carbonyl (C=O) groups is 1. The molecule has 4 heteroatoms. The predicted molar refractivity (Wildman–Crippen MR) is 59.6 cm³/mol. The topological polar surface area (TPSA) is 52.6 Å². The molecule has 1 atom stereocenters. The summed E-state index contributed by atoms with van der Waals surface area (Å²) in [5, 5.41) is 11.8.